The van der Waals surface area contributed by atoms with Gasteiger partial charge in [0.25, 0.3) is 0 Å². The summed E-state index contributed by atoms with van der Waals surface area (Å²) in [7, 11) is 0. The van der Waals surface area contributed by atoms with Crippen LogP contribution < -0.4 is 5.73 Å². The fourth-order valence-electron chi connectivity index (χ4n) is 1.00. The molecule has 0 bridgehead atoms. The fraction of sp³-hybridized carbons (Fsp3) is 0.875. The lowest BCUT2D eigenvalue weighted by Crippen LogP contribution is -2.44. The zero-order valence-electron chi connectivity index (χ0n) is 8.31. The van der Waals surface area contributed by atoms with E-state index in [1.54, 1.807) is 0 Å². The number of nitrogens with two attached hydrogens (primary N) is 1. The topological polar surface area (TPSA) is 112 Å². The molecule has 80 valence electrons. The van der Waals surface area contributed by atoms with Crippen LogP contribution in [-0.4, -0.2) is 23.2 Å². The number of rotatable bonds is 7. The van der Waals surface area contributed by atoms with Gasteiger partial charge in [-0.05, 0) is 25.3 Å². The van der Waals surface area contributed by atoms with Crippen LogP contribution in [0.15, 0.2) is 5.11 Å². The molecule has 6 nitrogen and oxygen atoms in total. The smallest absolute Gasteiger partial charge is 0.323 e. The molecule has 0 aliphatic rings. The van der Waals surface area contributed by atoms with Gasteiger partial charge in [0.05, 0.1) is 0 Å². The number of carboxylic acids is 1. The summed E-state index contributed by atoms with van der Waals surface area (Å²) in [5, 5.41) is 12.1. The molecule has 0 aromatic rings. The molecule has 0 saturated carbocycles. The van der Waals surface area contributed by atoms with E-state index in [4.69, 9.17) is 16.4 Å². The average molecular weight is 200 g/mol. The molecule has 0 aromatic heterocycles. The molecule has 0 heterocycles. The predicted molar refractivity (Wildman–Crippen MR) is 52.7 cm³/mol. The minimum absolute atomic E-state index is 0.443. The van der Waals surface area contributed by atoms with Gasteiger partial charge in [0.1, 0.15) is 5.54 Å². The van der Waals surface area contributed by atoms with Gasteiger partial charge in [-0.1, -0.05) is 18.0 Å². The van der Waals surface area contributed by atoms with E-state index in [9.17, 15) is 4.79 Å². The van der Waals surface area contributed by atoms with Crippen molar-refractivity contribution < 1.29 is 9.90 Å². The number of nitrogens with zero attached hydrogens (tertiary/aromatic N) is 3. The van der Waals surface area contributed by atoms with E-state index < -0.39 is 11.5 Å². The van der Waals surface area contributed by atoms with Crippen molar-refractivity contribution in [2.75, 3.05) is 6.54 Å². The second kappa shape index (κ2) is 6.23. The van der Waals surface area contributed by atoms with E-state index in [0.717, 1.165) is 19.3 Å². The predicted octanol–water partition coefficient (Wildman–Crippen LogP) is 1.66. The van der Waals surface area contributed by atoms with Crippen molar-refractivity contribution in [2.24, 2.45) is 10.8 Å². The highest BCUT2D eigenvalue weighted by atomic mass is 16.4. The number of unbranched alkanes of at least 4 members (excludes halogenated alkanes) is 2. The van der Waals surface area contributed by atoms with Crippen LogP contribution in [-0.2, 0) is 4.79 Å². The minimum atomic E-state index is -1.14. The van der Waals surface area contributed by atoms with Crippen molar-refractivity contribution in [1.82, 2.24) is 0 Å². The molecule has 6 heteroatoms. The van der Waals surface area contributed by atoms with Crippen LogP contribution in [0.4, 0.5) is 0 Å². The Morgan fingerprint density at radius 3 is 2.71 bits per heavy atom. The third-order valence-corrected chi connectivity index (χ3v) is 2.01. The van der Waals surface area contributed by atoms with Crippen LogP contribution in [0.1, 0.15) is 32.6 Å². The summed E-state index contributed by atoms with van der Waals surface area (Å²) in [6.07, 6.45) is 2.79. The zero-order chi connectivity index (χ0) is 11.0. The molecule has 0 rings (SSSR count). The molecule has 0 spiro atoms. The van der Waals surface area contributed by atoms with Crippen molar-refractivity contribution in [3.05, 3.63) is 10.4 Å². The number of carbonyl (C=O) groups is 1. The molecule has 0 amide bonds. The molecule has 3 N–H and O–H groups in total. The van der Waals surface area contributed by atoms with Crippen LogP contribution in [0.25, 0.3) is 10.4 Å². The van der Waals surface area contributed by atoms with Gasteiger partial charge >= 0.3 is 5.97 Å². The maximum Gasteiger partial charge on any atom is 0.323 e. The first-order valence-corrected chi connectivity index (χ1v) is 4.54. The number of hydrogen-bond acceptors (Lipinski definition) is 3. The summed E-state index contributed by atoms with van der Waals surface area (Å²) < 4.78 is 0. The van der Waals surface area contributed by atoms with Crippen molar-refractivity contribution in [1.29, 1.82) is 0 Å². The first kappa shape index (κ1) is 12.7. The number of aliphatic carboxylic acids is 1. The Hall–Kier alpha value is -1.26. The average Bonchev–Trinajstić information content (AvgIpc) is 2.10. The van der Waals surface area contributed by atoms with Crippen LogP contribution in [0, 0.1) is 0 Å². The molecular weight excluding hydrogens is 184 g/mol. The minimum Gasteiger partial charge on any atom is -0.480 e. The third-order valence-electron chi connectivity index (χ3n) is 2.01. The number of hydrogen-bond donors (Lipinski definition) is 2. The van der Waals surface area contributed by atoms with Gasteiger partial charge in [-0.3, -0.25) is 4.79 Å². The first-order valence-electron chi connectivity index (χ1n) is 4.54. The maximum absolute atomic E-state index is 10.6. The summed E-state index contributed by atoms with van der Waals surface area (Å²) in [6.45, 7) is 1.97. The third kappa shape index (κ3) is 5.40. The standard InChI is InChI=1S/C8H16N4O2/c1-8(9,7(13)14)5-3-2-4-6-11-12-10/h2-6,9H2,1H3,(H,13,14)/t8-/m0/s1. The van der Waals surface area contributed by atoms with Gasteiger partial charge in [-0.25, -0.2) is 0 Å². The number of carboxylic acid groups (broad SMARTS) is 1. The summed E-state index contributed by atoms with van der Waals surface area (Å²) in [6, 6.07) is 0. The molecule has 0 aliphatic heterocycles. The Kier molecular flexibility index (Phi) is 5.67. The van der Waals surface area contributed by atoms with Gasteiger partial charge in [0.15, 0.2) is 0 Å². The second-order valence-electron chi connectivity index (χ2n) is 3.49. The van der Waals surface area contributed by atoms with Gasteiger partial charge in [-0.15, -0.1) is 0 Å². The normalized spacial score (nSPS) is 14.1. The molecular formula is C8H16N4O2. The van der Waals surface area contributed by atoms with Gasteiger partial charge < -0.3 is 10.8 Å². The Balaban J connectivity index is 3.54. The second-order valence-corrected chi connectivity index (χ2v) is 3.49. The molecule has 0 radical (unpaired) electrons. The van der Waals surface area contributed by atoms with E-state index in [1.807, 2.05) is 0 Å². The highest BCUT2D eigenvalue weighted by Crippen LogP contribution is 2.11. The Labute approximate surface area is 82.7 Å². The van der Waals surface area contributed by atoms with Gasteiger partial charge in [0.2, 0.25) is 0 Å². The molecule has 0 fully saturated rings. The largest absolute Gasteiger partial charge is 0.480 e. The Morgan fingerprint density at radius 2 is 2.21 bits per heavy atom. The van der Waals surface area contributed by atoms with Crippen molar-refractivity contribution >= 4 is 5.97 Å². The summed E-state index contributed by atoms with van der Waals surface area (Å²) >= 11 is 0. The summed E-state index contributed by atoms with van der Waals surface area (Å²) in [5.74, 6) is -0.979. The SMILES string of the molecule is C[C@](N)(CCCCCN=[N+]=[N-])C(=O)O. The molecule has 0 saturated heterocycles. The highest BCUT2D eigenvalue weighted by Gasteiger charge is 2.26. The molecule has 1 atom stereocenters. The lowest BCUT2D eigenvalue weighted by atomic mass is 9.96. The number of azide groups is 1. The van der Waals surface area contributed by atoms with Crippen LogP contribution >= 0.6 is 0 Å². The molecule has 0 aliphatic carbocycles. The summed E-state index contributed by atoms with van der Waals surface area (Å²) in [5.41, 5.74) is 12.4. The quantitative estimate of drug-likeness (QED) is 0.282. The monoisotopic (exact) mass is 200 g/mol. The van der Waals surface area contributed by atoms with E-state index in [1.165, 1.54) is 6.92 Å². The zero-order valence-corrected chi connectivity index (χ0v) is 8.31. The molecule has 0 unspecified atom stereocenters. The lowest BCUT2D eigenvalue weighted by Gasteiger charge is -2.18. The molecule has 14 heavy (non-hydrogen) atoms. The summed E-state index contributed by atoms with van der Waals surface area (Å²) in [4.78, 5) is 13.2. The van der Waals surface area contributed by atoms with Crippen molar-refractivity contribution in [3.8, 4) is 0 Å². The fourth-order valence-corrected chi connectivity index (χ4v) is 1.00. The van der Waals surface area contributed by atoms with Crippen LogP contribution in [0.2, 0.25) is 0 Å². The van der Waals surface area contributed by atoms with Crippen molar-refractivity contribution in [2.45, 2.75) is 38.1 Å². The Bertz CT molecular complexity index is 233. The Morgan fingerprint density at radius 1 is 1.57 bits per heavy atom. The van der Waals surface area contributed by atoms with E-state index in [2.05, 4.69) is 10.0 Å². The van der Waals surface area contributed by atoms with Gasteiger partial charge in [-0.2, -0.15) is 0 Å². The van der Waals surface area contributed by atoms with E-state index in [0.29, 0.717) is 13.0 Å². The van der Waals surface area contributed by atoms with Crippen LogP contribution in [0.3, 0.4) is 0 Å². The molecule has 0 aromatic carbocycles. The lowest BCUT2D eigenvalue weighted by molar-refractivity contribution is -0.142. The highest BCUT2D eigenvalue weighted by molar-refractivity contribution is 5.77. The van der Waals surface area contributed by atoms with E-state index >= 15 is 0 Å². The van der Waals surface area contributed by atoms with Crippen LogP contribution in [0.5, 0.6) is 0 Å². The van der Waals surface area contributed by atoms with E-state index in [-0.39, 0.29) is 0 Å². The first-order chi connectivity index (χ1) is 6.50. The van der Waals surface area contributed by atoms with Gasteiger partial charge in [0, 0.05) is 11.5 Å². The van der Waals surface area contributed by atoms with Crippen molar-refractivity contribution in [3.63, 3.8) is 0 Å². The maximum atomic E-state index is 10.6.